The number of nitrogens with zero attached hydrogens (tertiary/aromatic N) is 3. The summed E-state index contributed by atoms with van der Waals surface area (Å²) in [6.45, 7) is 8.81. The number of fused-ring (bicyclic) bond motifs is 9. The van der Waals surface area contributed by atoms with Gasteiger partial charge in [0.05, 0.1) is 11.0 Å². The van der Waals surface area contributed by atoms with Crippen molar-refractivity contribution in [2.24, 2.45) is 5.92 Å². The highest BCUT2D eigenvalue weighted by molar-refractivity contribution is 9.10. The first-order chi connectivity index (χ1) is 24.5. The van der Waals surface area contributed by atoms with E-state index >= 15 is 0 Å². The van der Waals surface area contributed by atoms with Crippen LogP contribution in [0.15, 0.2) is 87.8 Å². The molecule has 260 valence electrons. The number of hydrogen-bond acceptors (Lipinski definition) is 1. The maximum absolute atomic E-state index is 5.66. The second kappa shape index (κ2) is 16.0. The van der Waals surface area contributed by atoms with Crippen LogP contribution in [-0.2, 0) is 13.1 Å². The number of imidazole rings is 1. The molecule has 1 atom stereocenters. The Hall–Kier alpha value is -3.15. The van der Waals surface area contributed by atoms with Crippen molar-refractivity contribution < 1.29 is 0 Å². The van der Waals surface area contributed by atoms with Crippen molar-refractivity contribution >= 4 is 86.2 Å². The summed E-state index contributed by atoms with van der Waals surface area (Å²) in [6.07, 6.45) is 15.8. The molecule has 0 bridgehead atoms. The van der Waals surface area contributed by atoms with Crippen LogP contribution in [0.25, 0.3) is 65.8 Å². The van der Waals surface area contributed by atoms with Crippen LogP contribution >= 0.6 is 31.9 Å². The Kier molecular flexibility index (Phi) is 11.3. The molecule has 7 aromatic rings. The van der Waals surface area contributed by atoms with Gasteiger partial charge < -0.3 is 9.13 Å². The highest BCUT2D eigenvalue weighted by Gasteiger charge is 2.23. The van der Waals surface area contributed by atoms with Crippen molar-refractivity contribution in [2.45, 2.75) is 111 Å². The summed E-state index contributed by atoms with van der Waals surface area (Å²) in [6, 6.07) is 29.4. The Labute approximate surface area is 314 Å². The Balaban J connectivity index is 1.43. The summed E-state index contributed by atoms with van der Waals surface area (Å²) in [4.78, 5) is 5.66. The lowest BCUT2D eigenvalue weighted by Crippen LogP contribution is -2.13. The molecular formula is C45H51Br2N3. The van der Waals surface area contributed by atoms with E-state index in [-0.39, 0.29) is 0 Å². The van der Waals surface area contributed by atoms with Gasteiger partial charge in [-0.05, 0) is 85.0 Å². The smallest absolute Gasteiger partial charge is 0.141 e. The van der Waals surface area contributed by atoms with Gasteiger partial charge in [-0.25, -0.2) is 4.98 Å². The molecule has 0 aliphatic rings. The van der Waals surface area contributed by atoms with E-state index in [1.165, 1.54) is 131 Å². The molecule has 2 aromatic heterocycles. The van der Waals surface area contributed by atoms with E-state index in [2.05, 4.69) is 141 Å². The van der Waals surface area contributed by atoms with Crippen LogP contribution in [0.5, 0.6) is 0 Å². The summed E-state index contributed by atoms with van der Waals surface area (Å²) in [5, 5.41) is 7.65. The van der Waals surface area contributed by atoms with E-state index < -0.39 is 0 Å². The van der Waals surface area contributed by atoms with Gasteiger partial charge in [0.2, 0.25) is 0 Å². The third kappa shape index (κ3) is 7.02. The number of unbranched alkanes of at least 4 members (excludes halogenated alkanes) is 8. The standard InChI is InChI=1S/C45H51Br2N3/c1-4-7-9-11-12-14-18-31(17-13-10-8-5-2)30-50-44-40-29-34(47)23-25-36(40)35-24-22-33(46)28-39(35)43(44)48-45(50)32-21-26-42-38(27-32)37-19-15-16-20-41(37)49(42)6-3/h15-16,19-29,31H,4-14,17-18,30H2,1-3H3. The van der Waals surface area contributed by atoms with Crippen molar-refractivity contribution in [1.82, 2.24) is 14.1 Å². The van der Waals surface area contributed by atoms with Gasteiger partial charge in [-0.2, -0.15) is 0 Å². The van der Waals surface area contributed by atoms with E-state index in [0.717, 1.165) is 33.4 Å². The zero-order valence-electron chi connectivity index (χ0n) is 30.1. The molecule has 0 spiro atoms. The van der Waals surface area contributed by atoms with E-state index in [1.54, 1.807) is 0 Å². The molecular weight excluding hydrogens is 742 g/mol. The first-order valence-corrected chi connectivity index (χ1v) is 20.8. The molecule has 50 heavy (non-hydrogen) atoms. The minimum absolute atomic E-state index is 0.611. The number of para-hydroxylation sites is 1. The van der Waals surface area contributed by atoms with Crippen molar-refractivity contribution in [3.63, 3.8) is 0 Å². The highest BCUT2D eigenvalue weighted by atomic mass is 79.9. The van der Waals surface area contributed by atoms with Gasteiger partial charge in [0.1, 0.15) is 5.82 Å². The summed E-state index contributed by atoms with van der Waals surface area (Å²) >= 11 is 7.66. The third-order valence-corrected chi connectivity index (χ3v) is 11.9. The van der Waals surface area contributed by atoms with Crippen LogP contribution in [0.1, 0.15) is 97.8 Å². The SMILES string of the molecule is CCCCCCCCC(CCCCCC)Cn1c(-c2ccc3c(c2)c2ccccc2n3CC)nc2c3cc(Br)ccc3c3ccc(Br)cc3c21. The highest BCUT2D eigenvalue weighted by Crippen LogP contribution is 2.41. The molecule has 7 rings (SSSR count). The first kappa shape index (κ1) is 35.3. The van der Waals surface area contributed by atoms with Crippen molar-refractivity contribution in [3.05, 3.63) is 87.8 Å². The van der Waals surface area contributed by atoms with E-state index in [9.17, 15) is 0 Å². The number of hydrogen-bond donors (Lipinski definition) is 0. The Morgan fingerprint density at radius 1 is 0.560 bits per heavy atom. The molecule has 5 heteroatoms. The molecule has 0 fully saturated rings. The van der Waals surface area contributed by atoms with Gasteiger partial charge in [0.25, 0.3) is 0 Å². The maximum atomic E-state index is 5.66. The van der Waals surface area contributed by atoms with Gasteiger partial charge in [-0.1, -0.05) is 140 Å². The molecule has 0 saturated carbocycles. The van der Waals surface area contributed by atoms with Gasteiger partial charge in [0.15, 0.2) is 0 Å². The quantitative estimate of drug-likeness (QED) is 0.0706. The Morgan fingerprint density at radius 2 is 1.18 bits per heavy atom. The number of halogens is 2. The van der Waals surface area contributed by atoms with E-state index in [4.69, 9.17) is 4.98 Å². The largest absolute Gasteiger partial charge is 0.341 e. The summed E-state index contributed by atoms with van der Waals surface area (Å²) in [5.41, 5.74) is 6.15. The van der Waals surface area contributed by atoms with Crippen molar-refractivity contribution in [2.75, 3.05) is 0 Å². The normalized spacial score (nSPS) is 12.7. The van der Waals surface area contributed by atoms with Crippen LogP contribution in [0.4, 0.5) is 0 Å². The average Bonchev–Trinajstić information content (AvgIpc) is 3.67. The zero-order chi connectivity index (χ0) is 34.6. The van der Waals surface area contributed by atoms with Crippen molar-refractivity contribution in [3.8, 4) is 11.4 Å². The summed E-state index contributed by atoms with van der Waals surface area (Å²) < 4.78 is 7.27. The summed E-state index contributed by atoms with van der Waals surface area (Å²) in [5.74, 6) is 1.70. The fraction of sp³-hybridized carbons (Fsp3) is 0.400. The Morgan fingerprint density at radius 3 is 1.90 bits per heavy atom. The monoisotopic (exact) mass is 791 g/mol. The first-order valence-electron chi connectivity index (χ1n) is 19.2. The molecule has 0 saturated heterocycles. The predicted octanol–water partition coefficient (Wildman–Crippen LogP) is 15.0. The lowest BCUT2D eigenvalue weighted by atomic mass is 9.93. The van der Waals surface area contributed by atoms with Crippen LogP contribution < -0.4 is 0 Å². The van der Waals surface area contributed by atoms with Crippen molar-refractivity contribution in [1.29, 1.82) is 0 Å². The van der Waals surface area contributed by atoms with Crippen LogP contribution in [0.3, 0.4) is 0 Å². The van der Waals surface area contributed by atoms with Crippen LogP contribution in [0.2, 0.25) is 0 Å². The molecule has 0 aliphatic carbocycles. The second-order valence-corrected chi connectivity index (χ2v) is 16.2. The molecule has 1 unspecified atom stereocenters. The van der Waals surface area contributed by atoms with Gasteiger partial charge >= 0.3 is 0 Å². The molecule has 2 heterocycles. The van der Waals surface area contributed by atoms with E-state index in [1.807, 2.05) is 0 Å². The zero-order valence-corrected chi connectivity index (χ0v) is 33.3. The average molecular weight is 794 g/mol. The maximum Gasteiger partial charge on any atom is 0.141 e. The lowest BCUT2D eigenvalue weighted by Gasteiger charge is -2.21. The Bertz CT molecular complexity index is 2260. The van der Waals surface area contributed by atoms with Gasteiger partial charge in [0, 0.05) is 60.2 Å². The van der Waals surface area contributed by atoms with Gasteiger partial charge in [-0.15, -0.1) is 0 Å². The molecule has 0 amide bonds. The molecule has 5 aromatic carbocycles. The van der Waals surface area contributed by atoms with E-state index in [0.29, 0.717) is 5.92 Å². The minimum atomic E-state index is 0.611. The molecule has 3 nitrogen and oxygen atoms in total. The second-order valence-electron chi connectivity index (χ2n) is 14.4. The number of aryl methyl sites for hydroxylation is 1. The number of rotatable bonds is 16. The fourth-order valence-corrected chi connectivity index (χ4v) is 9.12. The molecule has 0 N–H and O–H groups in total. The van der Waals surface area contributed by atoms with Crippen LogP contribution in [-0.4, -0.2) is 14.1 Å². The topological polar surface area (TPSA) is 22.8 Å². The lowest BCUT2D eigenvalue weighted by molar-refractivity contribution is 0.363. The number of aromatic nitrogens is 3. The number of benzene rings is 5. The molecule has 0 radical (unpaired) electrons. The predicted molar refractivity (Wildman–Crippen MR) is 224 cm³/mol. The third-order valence-electron chi connectivity index (χ3n) is 11.0. The van der Waals surface area contributed by atoms with Crippen LogP contribution in [0, 0.1) is 5.92 Å². The summed E-state index contributed by atoms with van der Waals surface area (Å²) in [7, 11) is 0. The molecule has 0 aliphatic heterocycles. The minimum Gasteiger partial charge on any atom is -0.341 e. The fourth-order valence-electron chi connectivity index (χ4n) is 8.40. The van der Waals surface area contributed by atoms with Gasteiger partial charge in [-0.3, -0.25) is 0 Å².